The number of nitrogens with zero attached hydrogens (tertiary/aromatic N) is 2. The lowest BCUT2D eigenvalue weighted by Crippen LogP contribution is -2.37. The maximum Gasteiger partial charge on any atom is 0.191 e. The Morgan fingerprint density at radius 1 is 1.13 bits per heavy atom. The molecule has 6 nitrogen and oxygen atoms in total. The van der Waals surface area contributed by atoms with E-state index in [1.165, 1.54) is 43.4 Å². The van der Waals surface area contributed by atoms with E-state index < -0.39 is 0 Å². The summed E-state index contributed by atoms with van der Waals surface area (Å²) in [7, 11) is 4.05. The number of nitrogens with one attached hydrogen (secondary N) is 2. The van der Waals surface area contributed by atoms with Gasteiger partial charge in [-0.05, 0) is 43.4 Å². The van der Waals surface area contributed by atoms with Gasteiger partial charge < -0.3 is 25.0 Å². The van der Waals surface area contributed by atoms with Crippen molar-refractivity contribution in [1.29, 1.82) is 0 Å². The van der Waals surface area contributed by atoms with Gasteiger partial charge in [-0.15, -0.1) is 0 Å². The third-order valence-corrected chi connectivity index (χ3v) is 6.29. The zero-order chi connectivity index (χ0) is 21.0. The van der Waals surface area contributed by atoms with Crippen LogP contribution in [0.25, 0.3) is 0 Å². The lowest BCUT2D eigenvalue weighted by atomic mass is 9.94. The number of aliphatic imine (C=N–C) groups is 1. The van der Waals surface area contributed by atoms with Crippen LogP contribution in [0.3, 0.4) is 0 Å². The first-order valence-electron chi connectivity index (χ1n) is 11.7. The Labute approximate surface area is 182 Å². The van der Waals surface area contributed by atoms with E-state index in [2.05, 4.69) is 51.8 Å². The normalized spacial score (nSPS) is 20.3. The summed E-state index contributed by atoms with van der Waals surface area (Å²) in [6, 6.07) is 9.62. The van der Waals surface area contributed by atoms with Crippen molar-refractivity contribution in [3.8, 4) is 0 Å². The van der Waals surface area contributed by atoms with Crippen LogP contribution < -0.4 is 15.5 Å². The van der Waals surface area contributed by atoms with Crippen LogP contribution >= 0.6 is 0 Å². The Bertz CT molecular complexity index is 623. The van der Waals surface area contributed by atoms with Gasteiger partial charge in [0.05, 0.1) is 13.2 Å². The molecule has 0 bridgehead atoms. The zero-order valence-corrected chi connectivity index (χ0v) is 18.9. The van der Waals surface area contributed by atoms with Gasteiger partial charge >= 0.3 is 0 Å². The minimum atomic E-state index is 0.584. The van der Waals surface area contributed by atoms with Crippen LogP contribution in [-0.4, -0.2) is 59.1 Å². The summed E-state index contributed by atoms with van der Waals surface area (Å²) in [5.41, 5.74) is 2.58. The quantitative estimate of drug-likeness (QED) is 0.347. The molecule has 2 N–H and O–H groups in total. The number of hydrogen-bond acceptors (Lipinski definition) is 4. The summed E-state index contributed by atoms with van der Waals surface area (Å²) in [4.78, 5) is 6.78. The lowest BCUT2D eigenvalue weighted by Gasteiger charge is -2.33. The predicted octanol–water partition coefficient (Wildman–Crippen LogP) is 3.56. The molecule has 1 saturated carbocycles. The Hall–Kier alpha value is -1.79. The molecule has 0 spiro atoms. The maximum absolute atomic E-state index is 5.75. The first kappa shape index (κ1) is 22.9. The van der Waals surface area contributed by atoms with Crippen molar-refractivity contribution in [3.05, 3.63) is 29.8 Å². The summed E-state index contributed by atoms with van der Waals surface area (Å²) in [5.74, 6) is 1.42. The van der Waals surface area contributed by atoms with Crippen LogP contribution in [0.4, 0.5) is 5.69 Å². The predicted molar refractivity (Wildman–Crippen MR) is 124 cm³/mol. The summed E-state index contributed by atoms with van der Waals surface area (Å²) < 4.78 is 11.1. The van der Waals surface area contributed by atoms with Gasteiger partial charge in [0.1, 0.15) is 0 Å². The molecular weight excluding hydrogens is 376 g/mol. The van der Waals surface area contributed by atoms with E-state index in [9.17, 15) is 0 Å². The highest BCUT2D eigenvalue weighted by Gasteiger charge is 2.18. The molecule has 2 fully saturated rings. The first-order chi connectivity index (χ1) is 14.8. The van der Waals surface area contributed by atoms with E-state index in [0.717, 1.165) is 58.3 Å². The second-order valence-corrected chi connectivity index (χ2v) is 8.58. The fourth-order valence-electron chi connectivity index (χ4n) is 4.28. The van der Waals surface area contributed by atoms with E-state index in [0.29, 0.717) is 12.0 Å². The monoisotopic (exact) mass is 416 g/mol. The molecule has 0 aromatic heterocycles. The summed E-state index contributed by atoms with van der Waals surface area (Å²) in [5, 5.41) is 6.77. The fraction of sp³-hybridized carbons (Fsp3) is 0.708. The molecule has 0 radical (unpaired) electrons. The van der Waals surface area contributed by atoms with Gasteiger partial charge in [-0.2, -0.15) is 0 Å². The van der Waals surface area contributed by atoms with Gasteiger partial charge in [-0.3, -0.25) is 4.99 Å². The summed E-state index contributed by atoms with van der Waals surface area (Å²) >= 11 is 0. The molecule has 1 aromatic rings. The van der Waals surface area contributed by atoms with Crippen LogP contribution in [0, 0.1) is 5.92 Å². The Morgan fingerprint density at radius 2 is 1.93 bits per heavy atom. The Morgan fingerprint density at radius 3 is 2.63 bits per heavy atom. The van der Waals surface area contributed by atoms with Crippen molar-refractivity contribution in [2.24, 2.45) is 10.9 Å². The third-order valence-electron chi connectivity index (χ3n) is 6.29. The topological polar surface area (TPSA) is 58.1 Å². The molecule has 0 amide bonds. The lowest BCUT2D eigenvalue weighted by molar-refractivity contribution is 0.0888. The SMILES string of the molecule is CN=C(NCCCOCC1CCOC1)NCc1ccc(N(C)C2CCCCC2)cc1. The number of hydrogen-bond donors (Lipinski definition) is 2. The van der Waals surface area contributed by atoms with Gasteiger partial charge in [-0.1, -0.05) is 31.4 Å². The molecule has 1 atom stereocenters. The average Bonchev–Trinajstić information content (AvgIpc) is 3.32. The molecule has 3 rings (SSSR count). The Kier molecular flexibility index (Phi) is 9.77. The minimum absolute atomic E-state index is 0.584. The summed E-state index contributed by atoms with van der Waals surface area (Å²) in [6.07, 6.45) is 8.87. The van der Waals surface area contributed by atoms with Crippen LogP contribution in [-0.2, 0) is 16.0 Å². The molecule has 1 aliphatic heterocycles. The van der Waals surface area contributed by atoms with Gasteiger partial charge in [0, 0.05) is 58.0 Å². The number of benzene rings is 1. The maximum atomic E-state index is 5.75. The van der Waals surface area contributed by atoms with Gasteiger partial charge in [-0.25, -0.2) is 0 Å². The second kappa shape index (κ2) is 12.8. The zero-order valence-electron chi connectivity index (χ0n) is 18.9. The molecular formula is C24H40N4O2. The second-order valence-electron chi connectivity index (χ2n) is 8.58. The van der Waals surface area contributed by atoms with E-state index in [1.54, 1.807) is 0 Å². The number of anilines is 1. The third kappa shape index (κ3) is 7.47. The van der Waals surface area contributed by atoms with E-state index >= 15 is 0 Å². The van der Waals surface area contributed by atoms with Crippen LogP contribution in [0.15, 0.2) is 29.3 Å². The van der Waals surface area contributed by atoms with E-state index in [4.69, 9.17) is 9.47 Å². The molecule has 1 heterocycles. The molecule has 168 valence electrons. The van der Waals surface area contributed by atoms with Gasteiger partial charge in [0.15, 0.2) is 5.96 Å². The van der Waals surface area contributed by atoms with Crippen molar-refractivity contribution >= 4 is 11.6 Å². The standard InChI is InChI=1S/C24H40N4O2/c1-25-24(26-14-6-15-29-18-21-13-16-30-19-21)27-17-20-9-11-23(12-10-20)28(2)22-7-4-3-5-8-22/h9-12,21-22H,3-8,13-19H2,1-2H3,(H2,25,26,27). The molecule has 1 aromatic carbocycles. The smallest absolute Gasteiger partial charge is 0.191 e. The average molecular weight is 417 g/mol. The number of guanidine groups is 1. The highest BCUT2D eigenvalue weighted by atomic mass is 16.5. The Balaban J connectivity index is 1.31. The van der Waals surface area contributed by atoms with E-state index in [1.807, 2.05) is 7.05 Å². The van der Waals surface area contributed by atoms with Crippen LogP contribution in [0.2, 0.25) is 0 Å². The van der Waals surface area contributed by atoms with Gasteiger partial charge in [0.25, 0.3) is 0 Å². The summed E-state index contributed by atoms with van der Waals surface area (Å²) in [6.45, 7) is 4.96. The highest BCUT2D eigenvalue weighted by molar-refractivity contribution is 5.79. The van der Waals surface area contributed by atoms with Crippen molar-refractivity contribution in [2.75, 3.05) is 52.0 Å². The molecule has 1 saturated heterocycles. The van der Waals surface area contributed by atoms with Crippen LogP contribution in [0.1, 0.15) is 50.5 Å². The minimum Gasteiger partial charge on any atom is -0.381 e. The number of rotatable bonds is 10. The molecule has 30 heavy (non-hydrogen) atoms. The first-order valence-corrected chi connectivity index (χ1v) is 11.7. The van der Waals surface area contributed by atoms with Gasteiger partial charge in [0.2, 0.25) is 0 Å². The fourth-order valence-corrected chi connectivity index (χ4v) is 4.28. The van der Waals surface area contributed by atoms with Crippen molar-refractivity contribution < 1.29 is 9.47 Å². The molecule has 2 aliphatic rings. The highest BCUT2D eigenvalue weighted by Crippen LogP contribution is 2.26. The van der Waals surface area contributed by atoms with E-state index in [-0.39, 0.29) is 0 Å². The van der Waals surface area contributed by atoms with Crippen molar-refractivity contribution in [3.63, 3.8) is 0 Å². The van der Waals surface area contributed by atoms with Crippen molar-refractivity contribution in [1.82, 2.24) is 10.6 Å². The molecule has 1 unspecified atom stereocenters. The number of ether oxygens (including phenoxy) is 2. The molecule has 1 aliphatic carbocycles. The molecule has 6 heteroatoms. The largest absolute Gasteiger partial charge is 0.381 e. The van der Waals surface area contributed by atoms with Crippen LogP contribution in [0.5, 0.6) is 0 Å². The van der Waals surface area contributed by atoms with Crippen molar-refractivity contribution in [2.45, 2.75) is 57.5 Å².